The maximum atomic E-state index is 14.6. The summed E-state index contributed by atoms with van der Waals surface area (Å²) in [5, 5.41) is 68.1. The number of aromatic hydroxyl groups is 3. The second-order valence-electron chi connectivity index (χ2n) is 18.6. The SMILES string of the molecule is CO[C@H]1/C=C/O[C@@]2(C)Oc3c(C)c(O)c4c(O)c(c(/C=N/N5C(C)CN(Cc6ccccc6)CC5C)c(O)c4c3C2=O)NC(=O)/C(C)=C\C=C\[C@H](C)[C@H](O)[C@@H](C)[C@@H](O)[C@@H](C)[C@H](OC(C)=O)[C@@H]1C. The van der Waals surface area contributed by atoms with Gasteiger partial charge >= 0.3 is 11.8 Å². The molecule has 2 unspecified atom stereocenters. The lowest BCUT2D eigenvalue weighted by Crippen LogP contribution is -2.54. The number of allylic oxidation sites excluding steroid dienone is 2. The minimum absolute atomic E-state index is 0.0500. The average molecular weight is 927 g/mol. The number of piperazine rings is 1. The number of carbonyl (C=O) groups excluding carboxylic acids is 3. The number of esters is 1. The number of Topliss-reactive ketones (excluding diaryl/α,β-unsaturated/α-hetero) is 1. The number of benzene rings is 3. The Balaban J connectivity index is 1.49. The molecular weight excluding hydrogens is 861 g/mol. The first-order chi connectivity index (χ1) is 31.6. The molecular formula is C51H66N4O12. The van der Waals surface area contributed by atoms with E-state index in [0.29, 0.717) is 13.1 Å². The molecule has 16 nitrogen and oxygen atoms in total. The largest absolute Gasteiger partial charge is 0.507 e. The number of hydrogen-bond acceptors (Lipinski definition) is 15. The van der Waals surface area contributed by atoms with Crippen molar-refractivity contribution < 1.29 is 58.9 Å². The number of nitrogens with zero attached hydrogens (tertiary/aromatic N) is 3. The van der Waals surface area contributed by atoms with Crippen LogP contribution in [0.5, 0.6) is 23.0 Å². The number of aliphatic hydroxyl groups excluding tert-OH is 2. The third-order valence-corrected chi connectivity index (χ3v) is 13.6. The van der Waals surface area contributed by atoms with E-state index in [1.165, 1.54) is 65.0 Å². The molecule has 67 heavy (non-hydrogen) atoms. The van der Waals surface area contributed by atoms with Crippen molar-refractivity contribution in [3.05, 3.63) is 88.7 Å². The van der Waals surface area contributed by atoms with Crippen LogP contribution in [-0.4, -0.2) is 122 Å². The summed E-state index contributed by atoms with van der Waals surface area (Å²) in [6.45, 7) is 18.7. The molecule has 0 aliphatic carbocycles. The predicted molar refractivity (Wildman–Crippen MR) is 254 cm³/mol. The zero-order chi connectivity index (χ0) is 49.2. The van der Waals surface area contributed by atoms with Gasteiger partial charge in [0.2, 0.25) is 0 Å². The molecule has 7 rings (SSSR count). The normalized spacial score (nSPS) is 31.8. The van der Waals surface area contributed by atoms with Crippen molar-refractivity contribution >= 4 is 40.3 Å². The Morgan fingerprint density at radius 3 is 2.19 bits per heavy atom. The van der Waals surface area contributed by atoms with Gasteiger partial charge in [-0.2, -0.15) is 5.10 Å². The van der Waals surface area contributed by atoms with Gasteiger partial charge in [-0.15, -0.1) is 0 Å². The number of rotatable bonds is 6. The molecule has 362 valence electrons. The van der Waals surface area contributed by atoms with Gasteiger partial charge in [-0.25, -0.2) is 0 Å². The number of aliphatic hydroxyl groups is 2. The van der Waals surface area contributed by atoms with Crippen LogP contribution in [-0.2, 0) is 30.3 Å². The number of amides is 1. The Morgan fingerprint density at radius 2 is 1.57 bits per heavy atom. The lowest BCUT2D eigenvalue weighted by atomic mass is 9.78. The topological polar surface area (TPSA) is 220 Å². The number of methoxy groups -OCH3 is 1. The summed E-state index contributed by atoms with van der Waals surface area (Å²) in [5.41, 5.74) is 0.785. The Morgan fingerprint density at radius 1 is 0.910 bits per heavy atom. The summed E-state index contributed by atoms with van der Waals surface area (Å²) >= 11 is 0. The monoisotopic (exact) mass is 926 g/mol. The van der Waals surface area contributed by atoms with Crippen molar-refractivity contribution in [1.82, 2.24) is 9.91 Å². The highest BCUT2D eigenvalue weighted by atomic mass is 16.7. The summed E-state index contributed by atoms with van der Waals surface area (Å²) in [5.74, 6) is -8.46. The first-order valence-electron chi connectivity index (χ1n) is 22.8. The number of ketones is 1. The molecule has 4 aliphatic rings. The lowest BCUT2D eigenvalue weighted by molar-refractivity contribution is -0.160. The van der Waals surface area contributed by atoms with E-state index in [-0.39, 0.29) is 56.6 Å². The summed E-state index contributed by atoms with van der Waals surface area (Å²) < 4.78 is 23.8. The molecule has 0 aromatic heterocycles. The highest BCUT2D eigenvalue weighted by Crippen LogP contribution is 2.55. The molecule has 11 atom stereocenters. The van der Waals surface area contributed by atoms with Gasteiger partial charge < -0.3 is 49.8 Å². The van der Waals surface area contributed by atoms with Crippen LogP contribution in [0.1, 0.15) is 89.4 Å². The summed E-state index contributed by atoms with van der Waals surface area (Å²) in [4.78, 5) is 43.4. The minimum Gasteiger partial charge on any atom is -0.507 e. The first kappa shape index (κ1) is 50.5. The van der Waals surface area contributed by atoms with Gasteiger partial charge in [0.05, 0.1) is 65.1 Å². The smallest absolute Gasteiger partial charge is 0.312 e. The number of hydrazone groups is 1. The molecule has 1 amide bonds. The number of nitrogens with one attached hydrogen (secondary N) is 1. The van der Waals surface area contributed by atoms with Gasteiger partial charge in [0.25, 0.3) is 11.7 Å². The highest BCUT2D eigenvalue weighted by molar-refractivity contribution is 6.23. The third kappa shape index (κ3) is 10.2. The maximum Gasteiger partial charge on any atom is 0.312 e. The molecule has 16 heteroatoms. The molecule has 3 aromatic carbocycles. The molecule has 0 spiro atoms. The zero-order valence-corrected chi connectivity index (χ0v) is 40.2. The van der Waals surface area contributed by atoms with Crippen molar-refractivity contribution in [2.45, 2.75) is 118 Å². The quantitative estimate of drug-likeness (QED) is 0.0658. The van der Waals surface area contributed by atoms with E-state index in [2.05, 4.69) is 22.3 Å². The predicted octanol–water partition coefficient (Wildman–Crippen LogP) is 6.68. The van der Waals surface area contributed by atoms with Crippen LogP contribution in [0.15, 0.2) is 71.6 Å². The zero-order valence-electron chi connectivity index (χ0n) is 40.2. The van der Waals surface area contributed by atoms with Crippen molar-refractivity contribution in [3.8, 4) is 23.0 Å². The van der Waals surface area contributed by atoms with E-state index in [0.717, 1.165) is 6.54 Å². The van der Waals surface area contributed by atoms with E-state index in [4.69, 9.17) is 24.0 Å². The molecule has 1 fully saturated rings. The molecule has 0 saturated carbocycles. The summed E-state index contributed by atoms with van der Waals surface area (Å²) in [6, 6.07) is 9.93. The number of anilines is 1. The Bertz CT molecular complexity index is 2460. The Labute approximate surface area is 392 Å². The minimum atomic E-state index is -2.07. The van der Waals surface area contributed by atoms with Crippen molar-refractivity contribution in [1.29, 1.82) is 0 Å². The van der Waals surface area contributed by atoms with Gasteiger partial charge in [0.15, 0.2) is 5.75 Å². The number of phenols is 3. The van der Waals surface area contributed by atoms with Crippen LogP contribution in [0.2, 0.25) is 0 Å². The van der Waals surface area contributed by atoms with E-state index >= 15 is 0 Å². The van der Waals surface area contributed by atoms with E-state index in [9.17, 15) is 39.9 Å². The Kier molecular flexibility index (Phi) is 15.5. The van der Waals surface area contributed by atoms with Crippen LogP contribution >= 0.6 is 0 Å². The molecule has 1 saturated heterocycles. The van der Waals surface area contributed by atoms with Crippen LogP contribution in [0, 0.1) is 30.6 Å². The van der Waals surface area contributed by atoms with Crippen LogP contribution in [0.3, 0.4) is 0 Å². The standard InChI is InChI=1S/C51H66N4O12/c1-26-16-15-17-27(2)50(63)53-41-36(22-52-55-28(3)23-54(24-29(55)4)25-35-18-13-12-14-19-35)45(60)38-39(46(41)61)44(59)33(8)48-40(38)49(62)51(10,67-48)65-21-20-37(64-11)30(5)47(66-34(9)56)32(7)43(58)31(6)42(26)57/h12-22,26,28-32,37,42-43,47,57-61H,23-25H2,1-11H3,(H,53,63)/b16-15+,21-20+,27-17-,52-22+/t26-,28?,29?,30+,31+,32+,37-,42-,43+,47+,51-/m0/s1. The fourth-order valence-electron chi connectivity index (χ4n) is 9.62. The van der Waals surface area contributed by atoms with E-state index in [1.54, 1.807) is 39.8 Å². The summed E-state index contributed by atoms with van der Waals surface area (Å²) in [7, 11) is 1.44. The van der Waals surface area contributed by atoms with Gasteiger partial charge in [-0.1, -0.05) is 76.3 Å². The highest BCUT2D eigenvalue weighted by Gasteiger charge is 2.50. The van der Waals surface area contributed by atoms with E-state index < -0.39 is 88.8 Å². The Hall–Kier alpha value is -5.94. The van der Waals surface area contributed by atoms with E-state index in [1.807, 2.05) is 37.1 Å². The van der Waals surface area contributed by atoms with Gasteiger partial charge in [0, 0.05) is 80.8 Å². The number of hydrogen-bond donors (Lipinski definition) is 6. The van der Waals surface area contributed by atoms with Crippen molar-refractivity contribution in [2.75, 3.05) is 25.5 Å². The molecule has 4 aliphatic heterocycles. The first-order valence-corrected chi connectivity index (χ1v) is 22.8. The lowest BCUT2D eigenvalue weighted by Gasteiger charge is -2.42. The fourth-order valence-corrected chi connectivity index (χ4v) is 9.62. The van der Waals surface area contributed by atoms with Gasteiger partial charge in [-0.05, 0) is 39.3 Å². The number of ether oxygens (including phenoxy) is 4. The van der Waals surface area contributed by atoms with Crippen molar-refractivity contribution in [2.24, 2.45) is 28.8 Å². The fraction of sp³-hybridized carbons (Fsp3) is 0.490. The number of carbonyl (C=O) groups is 3. The third-order valence-electron chi connectivity index (χ3n) is 13.6. The molecule has 4 heterocycles. The van der Waals surface area contributed by atoms with Gasteiger partial charge in [-0.3, -0.25) is 24.3 Å². The second kappa shape index (κ2) is 20.5. The molecule has 3 aromatic rings. The molecule has 6 N–H and O–H groups in total. The van der Waals surface area contributed by atoms with Crippen molar-refractivity contribution in [3.63, 3.8) is 0 Å². The number of phenolic OH excluding ortho intramolecular Hbond substituents is 3. The average Bonchev–Trinajstić information content (AvgIpc) is 3.55. The summed E-state index contributed by atoms with van der Waals surface area (Å²) in [6.07, 6.45) is 4.88. The molecule has 0 radical (unpaired) electrons. The molecule has 5 bridgehead atoms. The van der Waals surface area contributed by atoms with Crippen LogP contribution in [0.25, 0.3) is 10.8 Å². The maximum absolute atomic E-state index is 14.6. The second-order valence-corrected chi connectivity index (χ2v) is 18.6. The van der Waals surface area contributed by atoms with Crippen LogP contribution < -0.4 is 10.1 Å². The number of fused-ring (bicyclic) bond motifs is 14. The van der Waals surface area contributed by atoms with Gasteiger partial charge in [0.1, 0.15) is 23.4 Å². The van der Waals surface area contributed by atoms with Crippen LogP contribution in [0.4, 0.5) is 5.69 Å².